The highest BCUT2D eigenvalue weighted by molar-refractivity contribution is 6.77. The van der Waals surface area contributed by atoms with Crippen molar-refractivity contribution in [3.63, 3.8) is 0 Å². The third-order valence-corrected chi connectivity index (χ3v) is 13.1. The topological polar surface area (TPSA) is 38.7 Å². The summed E-state index contributed by atoms with van der Waals surface area (Å²) in [6.07, 6.45) is 3.20. The van der Waals surface area contributed by atoms with Gasteiger partial charge >= 0.3 is 0 Å². The molecule has 0 spiro atoms. The highest BCUT2D eigenvalue weighted by Gasteiger charge is 2.47. The normalized spacial score (nSPS) is 14.0. The number of methoxy groups -OCH3 is 1. The summed E-state index contributed by atoms with van der Waals surface area (Å²) in [5.41, 5.74) is 4.85. The van der Waals surface area contributed by atoms with Gasteiger partial charge in [0, 0.05) is 18.9 Å². The zero-order chi connectivity index (χ0) is 24.6. The Morgan fingerprint density at radius 3 is 2.03 bits per heavy atom. The number of rotatable bonds is 13. The molecule has 182 valence electrons. The molecular weight excluding hydrogens is 424 g/mol. The number of hydrogen-bond acceptors (Lipinski definition) is 3. The minimum atomic E-state index is -2.17. The molecule has 0 heterocycles. The van der Waals surface area contributed by atoms with Crippen molar-refractivity contribution in [2.75, 3.05) is 13.7 Å². The standard InChI is InChI=1S/C29H44O3Si/c1-9-13-27(20-30)29(32-33(21(2)3,22(4)5)23(6)7)26-17-16-25(28(19-26)31-8)18-24-14-11-10-12-15-24/h9-12,14-17,19,21-23,27,29-30H,1,13,18,20H2,2-8H3/t27-,29+/m0/s1. The van der Waals surface area contributed by atoms with Crippen molar-refractivity contribution in [2.45, 2.75) is 77.1 Å². The monoisotopic (exact) mass is 468 g/mol. The van der Waals surface area contributed by atoms with Gasteiger partial charge in [-0.2, -0.15) is 0 Å². The summed E-state index contributed by atoms with van der Waals surface area (Å²) in [5.74, 6) is 0.821. The van der Waals surface area contributed by atoms with Gasteiger partial charge < -0.3 is 14.3 Å². The second-order valence-corrected chi connectivity index (χ2v) is 15.5. The lowest BCUT2D eigenvalue weighted by Crippen LogP contribution is -2.49. The second kappa shape index (κ2) is 12.5. The minimum Gasteiger partial charge on any atom is -0.496 e. The summed E-state index contributed by atoms with van der Waals surface area (Å²) in [7, 11) is -0.442. The molecule has 0 amide bonds. The number of aliphatic hydroxyl groups excluding tert-OH is 1. The first-order valence-corrected chi connectivity index (χ1v) is 14.4. The van der Waals surface area contributed by atoms with Crippen LogP contribution >= 0.6 is 0 Å². The van der Waals surface area contributed by atoms with Gasteiger partial charge in [0.15, 0.2) is 0 Å². The van der Waals surface area contributed by atoms with Gasteiger partial charge in [0.1, 0.15) is 5.75 Å². The van der Waals surface area contributed by atoms with E-state index in [1.54, 1.807) is 7.11 Å². The summed E-state index contributed by atoms with van der Waals surface area (Å²) in [4.78, 5) is 0. The maximum atomic E-state index is 10.3. The Bertz CT molecular complexity index is 839. The molecule has 1 N–H and O–H groups in total. The van der Waals surface area contributed by atoms with Crippen LogP contribution in [-0.2, 0) is 10.8 Å². The quantitative estimate of drug-likeness (QED) is 0.242. The molecule has 4 heteroatoms. The minimum absolute atomic E-state index is 0.0460. The smallest absolute Gasteiger partial charge is 0.201 e. The lowest BCUT2D eigenvalue weighted by molar-refractivity contribution is 0.0726. The molecule has 0 fully saturated rings. The molecule has 0 aromatic heterocycles. The Morgan fingerprint density at radius 1 is 0.939 bits per heavy atom. The number of ether oxygens (including phenoxy) is 1. The Hall–Kier alpha value is -1.88. The zero-order valence-electron chi connectivity index (χ0n) is 21.7. The molecule has 33 heavy (non-hydrogen) atoms. The maximum absolute atomic E-state index is 10.3. The number of hydrogen-bond donors (Lipinski definition) is 1. The van der Waals surface area contributed by atoms with E-state index in [9.17, 15) is 5.11 Å². The predicted octanol–water partition coefficient (Wildman–Crippen LogP) is 7.70. The summed E-state index contributed by atoms with van der Waals surface area (Å²) in [5, 5.41) is 10.3. The molecule has 0 radical (unpaired) electrons. The molecule has 2 aromatic carbocycles. The van der Waals surface area contributed by atoms with Gasteiger partial charge in [-0.1, -0.05) is 90.1 Å². The van der Waals surface area contributed by atoms with Gasteiger partial charge in [-0.3, -0.25) is 0 Å². The van der Waals surface area contributed by atoms with E-state index in [1.807, 2.05) is 12.1 Å². The van der Waals surface area contributed by atoms with E-state index in [4.69, 9.17) is 9.16 Å². The Kier molecular flexibility index (Phi) is 10.4. The molecule has 0 saturated carbocycles. The number of aliphatic hydroxyl groups is 1. The van der Waals surface area contributed by atoms with Crippen LogP contribution in [0.2, 0.25) is 16.6 Å². The molecule has 2 atom stereocenters. The van der Waals surface area contributed by atoms with Crippen LogP contribution in [0.5, 0.6) is 5.75 Å². The van der Waals surface area contributed by atoms with Gasteiger partial charge in [0.2, 0.25) is 8.32 Å². The van der Waals surface area contributed by atoms with Gasteiger partial charge in [-0.05, 0) is 45.8 Å². The Morgan fingerprint density at radius 2 is 1.55 bits per heavy atom. The predicted molar refractivity (Wildman–Crippen MR) is 143 cm³/mol. The molecule has 3 nitrogen and oxygen atoms in total. The highest BCUT2D eigenvalue weighted by Crippen LogP contribution is 2.47. The Balaban J connectivity index is 2.54. The van der Waals surface area contributed by atoms with E-state index in [0.29, 0.717) is 23.0 Å². The third kappa shape index (κ3) is 6.37. The molecule has 0 unspecified atom stereocenters. The van der Waals surface area contributed by atoms with Crippen molar-refractivity contribution >= 4 is 8.32 Å². The molecule has 0 aliphatic heterocycles. The van der Waals surface area contributed by atoms with Crippen molar-refractivity contribution in [3.8, 4) is 5.75 Å². The number of benzene rings is 2. The van der Waals surface area contributed by atoms with Gasteiger partial charge in [-0.15, -0.1) is 6.58 Å². The van der Waals surface area contributed by atoms with Crippen molar-refractivity contribution in [2.24, 2.45) is 5.92 Å². The van der Waals surface area contributed by atoms with Gasteiger partial charge in [0.05, 0.1) is 13.2 Å². The average molecular weight is 469 g/mol. The first-order valence-electron chi connectivity index (χ1n) is 12.3. The van der Waals surface area contributed by atoms with E-state index in [0.717, 1.165) is 23.3 Å². The molecule has 2 aromatic rings. The van der Waals surface area contributed by atoms with Crippen LogP contribution in [0.3, 0.4) is 0 Å². The van der Waals surface area contributed by atoms with Crippen LogP contribution < -0.4 is 4.74 Å². The third-order valence-electron chi connectivity index (χ3n) is 7.05. The van der Waals surface area contributed by atoms with E-state index < -0.39 is 8.32 Å². The van der Waals surface area contributed by atoms with Crippen LogP contribution in [-0.4, -0.2) is 27.1 Å². The fraction of sp³-hybridized carbons (Fsp3) is 0.517. The van der Waals surface area contributed by atoms with Crippen LogP contribution in [0.15, 0.2) is 61.2 Å². The fourth-order valence-electron chi connectivity index (χ4n) is 5.47. The number of allylic oxidation sites excluding steroid dienone is 1. The van der Waals surface area contributed by atoms with Crippen LogP contribution in [0.25, 0.3) is 0 Å². The van der Waals surface area contributed by atoms with Crippen LogP contribution in [0.4, 0.5) is 0 Å². The lowest BCUT2D eigenvalue weighted by atomic mass is 9.92. The molecular formula is C29H44O3Si. The first-order chi connectivity index (χ1) is 15.7. The van der Waals surface area contributed by atoms with E-state index in [-0.39, 0.29) is 18.6 Å². The molecule has 2 rings (SSSR count). The van der Waals surface area contributed by atoms with Crippen LogP contribution in [0, 0.1) is 5.92 Å². The lowest BCUT2D eigenvalue weighted by Gasteiger charge is -2.46. The van der Waals surface area contributed by atoms with Crippen molar-refractivity contribution in [1.29, 1.82) is 0 Å². The van der Waals surface area contributed by atoms with E-state index in [1.165, 1.54) is 5.56 Å². The highest BCUT2D eigenvalue weighted by atomic mass is 28.4. The average Bonchev–Trinajstić information content (AvgIpc) is 2.79. The van der Waals surface area contributed by atoms with E-state index >= 15 is 0 Å². The first kappa shape index (κ1) is 27.4. The van der Waals surface area contributed by atoms with Gasteiger partial charge in [0.25, 0.3) is 0 Å². The SMILES string of the molecule is C=CC[C@@H](CO)[C@H](O[Si](C(C)C)(C(C)C)C(C)C)c1ccc(Cc2ccccc2)c(OC)c1. The van der Waals surface area contributed by atoms with Crippen molar-refractivity contribution in [3.05, 3.63) is 77.9 Å². The summed E-state index contributed by atoms with van der Waals surface area (Å²) < 4.78 is 13.1. The summed E-state index contributed by atoms with van der Waals surface area (Å²) in [6, 6.07) is 16.9. The maximum Gasteiger partial charge on any atom is 0.201 e. The molecule has 0 aliphatic rings. The molecule has 0 aliphatic carbocycles. The van der Waals surface area contributed by atoms with Gasteiger partial charge in [-0.25, -0.2) is 0 Å². The van der Waals surface area contributed by atoms with Crippen molar-refractivity contribution in [1.82, 2.24) is 0 Å². The summed E-state index contributed by atoms with van der Waals surface area (Å²) in [6.45, 7) is 17.8. The fourth-order valence-corrected chi connectivity index (χ4v) is 11.1. The second-order valence-electron chi connectivity index (χ2n) is 10.1. The zero-order valence-corrected chi connectivity index (χ0v) is 22.7. The molecule has 0 bridgehead atoms. The van der Waals surface area contributed by atoms with E-state index in [2.05, 4.69) is 90.6 Å². The van der Waals surface area contributed by atoms with Crippen molar-refractivity contribution < 1.29 is 14.3 Å². The summed E-state index contributed by atoms with van der Waals surface area (Å²) >= 11 is 0. The Labute approximate surface area is 203 Å². The van der Waals surface area contributed by atoms with Crippen LogP contribution in [0.1, 0.15) is 70.8 Å². The molecule has 0 saturated heterocycles. The largest absolute Gasteiger partial charge is 0.496 e.